The summed E-state index contributed by atoms with van der Waals surface area (Å²) in [6.07, 6.45) is 7.74. The third-order valence-electron chi connectivity index (χ3n) is 5.07. The molecule has 1 aromatic heterocycles. The Bertz CT molecular complexity index is 895. The SMILES string of the molecule is CCC(O)CCc1cnccc1Oc1ccc2cc(CCCNC)ccc2c1. The molecule has 148 valence electrons. The minimum atomic E-state index is -0.281. The molecule has 0 bridgehead atoms. The average Bonchev–Trinajstić information content (AvgIpc) is 2.73. The second-order valence-electron chi connectivity index (χ2n) is 7.24. The van der Waals surface area contributed by atoms with E-state index >= 15 is 0 Å². The van der Waals surface area contributed by atoms with Crippen LogP contribution in [0, 0.1) is 0 Å². The molecule has 3 rings (SSSR count). The van der Waals surface area contributed by atoms with E-state index in [4.69, 9.17) is 4.74 Å². The fourth-order valence-corrected chi connectivity index (χ4v) is 3.32. The molecular formula is C24H30N2O2. The van der Waals surface area contributed by atoms with Gasteiger partial charge in [0.1, 0.15) is 11.5 Å². The Morgan fingerprint density at radius 1 is 1.07 bits per heavy atom. The van der Waals surface area contributed by atoms with Gasteiger partial charge in [-0.1, -0.05) is 31.2 Å². The molecule has 2 aromatic carbocycles. The van der Waals surface area contributed by atoms with Crippen molar-refractivity contribution < 1.29 is 9.84 Å². The van der Waals surface area contributed by atoms with Crippen molar-refractivity contribution in [2.45, 2.75) is 45.1 Å². The molecular weight excluding hydrogens is 348 g/mol. The summed E-state index contributed by atoms with van der Waals surface area (Å²) in [4.78, 5) is 4.21. The Morgan fingerprint density at radius 3 is 2.71 bits per heavy atom. The molecule has 0 spiro atoms. The number of aromatic nitrogens is 1. The molecule has 4 heteroatoms. The molecule has 1 heterocycles. The highest BCUT2D eigenvalue weighted by molar-refractivity contribution is 5.84. The molecule has 0 saturated heterocycles. The molecule has 2 N–H and O–H groups in total. The van der Waals surface area contributed by atoms with Gasteiger partial charge in [0.15, 0.2) is 0 Å². The Morgan fingerprint density at radius 2 is 1.89 bits per heavy atom. The molecule has 0 aliphatic rings. The van der Waals surface area contributed by atoms with E-state index in [0.717, 1.165) is 49.3 Å². The van der Waals surface area contributed by atoms with Gasteiger partial charge in [-0.3, -0.25) is 4.98 Å². The van der Waals surface area contributed by atoms with E-state index in [2.05, 4.69) is 40.6 Å². The zero-order valence-corrected chi connectivity index (χ0v) is 16.8. The van der Waals surface area contributed by atoms with Crippen molar-refractivity contribution in [2.75, 3.05) is 13.6 Å². The van der Waals surface area contributed by atoms with Gasteiger partial charge in [0.2, 0.25) is 0 Å². The van der Waals surface area contributed by atoms with Crippen LogP contribution in [0.2, 0.25) is 0 Å². The lowest BCUT2D eigenvalue weighted by molar-refractivity contribution is 0.160. The number of nitrogens with zero attached hydrogens (tertiary/aromatic N) is 1. The van der Waals surface area contributed by atoms with E-state index in [-0.39, 0.29) is 6.10 Å². The maximum absolute atomic E-state index is 9.84. The first-order chi connectivity index (χ1) is 13.7. The van der Waals surface area contributed by atoms with Crippen molar-refractivity contribution in [1.82, 2.24) is 10.3 Å². The van der Waals surface area contributed by atoms with Crippen molar-refractivity contribution in [3.8, 4) is 11.5 Å². The van der Waals surface area contributed by atoms with Crippen molar-refractivity contribution in [2.24, 2.45) is 0 Å². The molecule has 0 aliphatic heterocycles. The van der Waals surface area contributed by atoms with Crippen molar-refractivity contribution in [3.63, 3.8) is 0 Å². The Labute approximate surface area is 167 Å². The van der Waals surface area contributed by atoms with Gasteiger partial charge < -0.3 is 15.2 Å². The minimum Gasteiger partial charge on any atom is -0.457 e. The van der Waals surface area contributed by atoms with E-state index in [1.165, 1.54) is 16.3 Å². The number of aryl methyl sites for hydroxylation is 2. The predicted molar refractivity (Wildman–Crippen MR) is 115 cm³/mol. The van der Waals surface area contributed by atoms with Gasteiger partial charge in [0.25, 0.3) is 0 Å². The molecule has 0 fully saturated rings. The van der Waals surface area contributed by atoms with E-state index in [1.807, 2.05) is 32.3 Å². The largest absolute Gasteiger partial charge is 0.457 e. The predicted octanol–water partition coefficient (Wildman–Crippen LogP) is 4.88. The Kier molecular flexibility index (Phi) is 7.40. The van der Waals surface area contributed by atoms with Gasteiger partial charge in [-0.25, -0.2) is 0 Å². The summed E-state index contributed by atoms with van der Waals surface area (Å²) in [5, 5.41) is 15.4. The maximum Gasteiger partial charge on any atom is 0.133 e. The minimum absolute atomic E-state index is 0.281. The number of aliphatic hydroxyl groups excluding tert-OH is 1. The number of hydrogen-bond donors (Lipinski definition) is 2. The van der Waals surface area contributed by atoms with Crippen LogP contribution in [0.5, 0.6) is 11.5 Å². The van der Waals surface area contributed by atoms with Gasteiger partial charge in [0.05, 0.1) is 6.10 Å². The summed E-state index contributed by atoms with van der Waals surface area (Å²) in [6.45, 7) is 3.03. The molecule has 4 nitrogen and oxygen atoms in total. The van der Waals surface area contributed by atoms with Crippen molar-refractivity contribution >= 4 is 10.8 Å². The molecule has 0 radical (unpaired) electrons. The second-order valence-corrected chi connectivity index (χ2v) is 7.24. The van der Waals surface area contributed by atoms with Crippen molar-refractivity contribution in [3.05, 3.63) is 66.0 Å². The Balaban J connectivity index is 1.73. The monoisotopic (exact) mass is 378 g/mol. The smallest absolute Gasteiger partial charge is 0.133 e. The fraction of sp³-hybridized carbons (Fsp3) is 0.375. The first-order valence-corrected chi connectivity index (χ1v) is 10.2. The highest BCUT2D eigenvalue weighted by atomic mass is 16.5. The topological polar surface area (TPSA) is 54.4 Å². The van der Waals surface area contributed by atoms with Crippen LogP contribution >= 0.6 is 0 Å². The lowest BCUT2D eigenvalue weighted by Crippen LogP contribution is -2.08. The van der Waals surface area contributed by atoms with Crippen molar-refractivity contribution in [1.29, 1.82) is 0 Å². The lowest BCUT2D eigenvalue weighted by atomic mass is 10.0. The summed E-state index contributed by atoms with van der Waals surface area (Å²) in [5.41, 5.74) is 2.39. The van der Waals surface area contributed by atoms with Gasteiger partial charge in [0, 0.05) is 18.0 Å². The number of ether oxygens (including phenoxy) is 1. The average molecular weight is 379 g/mol. The van der Waals surface area contributed by atoms with Gasteiger partial charge in [-0.15, -0.1) is 0 Å². The second kappa shape index (κ2) is 10.2. The first-order valence-electron chi connectivity index (χ1n) is 10.2. The third-order valence-corrected chi connectivity index (χ3v) is 5.07. The van der Waals surface area contributed by atoms with Crippen LogP contribution in [0.4, 0.5) is 0 Å². The van der Waals surface area contributed by atoms with Gasteiger partial charge >= 0.3 is 0 Å². The lowest BCUT2D eigenvalue weighted by Gasteiger charge is -2.13. The van der Waals surface area contributed by atoms with Crippen LogP contribution in [0.3, 0.4) is 0 Å². The van der Waals surface area contributed by atoms with E-state index < -0.39 is 0 Å². The number of hydrogen-bond acceptors (Lipinski definition) is 4. The molecule has 28 heavy (non-hydrogen) atoms. The fourth-order valence-electron chi connectivity index (χ4n) is 3.32. The molecule has 1 atom stereocenters. The number of aliphatic hydroxyl groups is 1. The summed E-state index contributed by atoms with van der Waals surface area (Å²) >= 11 is 0. The van der Waals surface area contributed by atoms with E-state index in [0.29, 0.717) is 6.42 Å². The third kappa shape index (κ3) is 5.54. The molecule has 0 amide bonds. The van der Waals surface area contributed by atoms with Gasteiger partial charge in [-0.05, 0) is 80.2 Å². The summed E-state index contributed by atoms with van der Waals surface area (Å²) in [5.74, 6) is 1.63. The normalized spacial score (nSPS) is 12.2. The molecule has 3 aromatic rings. The van der Waals surface area contributed by atoms with Gasteiger partial charge in [-0.2, -0.15) is 0 Å². The number of rotatable bonds is 10. The van der Waals surface area contributed by atoms with E-state index in [9.17, 15) is 5.11 Å². The zero-order valence-electron chi connectivity index (χ0n) is 16.8. The number of nitrogens with one attached hydrogen (secondary N) is 1. The van der Waals surface area contributed by atoms with E-state index in [1.54, 1.807) is 6.20 Å². The van der Waals surface area contributed by atoms with Crippen LogP contribution in [-0.4, -0.2) is 29.8 Å². The van der Waals surface area contributed by atoms with Crippen LogP contribution < -0.4 is 10.1 Å². The number of pyridine rings is 1. The summed E-state index contributed by atoms with van der Waals surface area (Å²) in [6, 6.07) is 14.7. The number of fused-ring (bicyclic) bond motifs is 1. The zero-order chi connectivity index (χ0) is 19.8. The first kappa shape index (κ1) is 20.3. The molecule has 0 saturated carbocycles. The molecule has 0 aliphatic carbocycles. The standard InChI is InChI=1S/C24H30N2O2/c1-3-22(27)10-8-21-17-26-14-12-24(21)28-23-11-9-19-15-18(5-4-13-25-2)6-7-20(19)16-23/h6-7,9,11-12,14-17,22,25,27H,3-5,8,10,13H2,1-2H3. The quantitative estimate of drug-likeness (QED) is 0.494. The molecule has 1 unspecified atom stereocenters. The highest BCUT2D eigenvalue weighted by Crippen LogP contribution is 2.29. The summed E-state index contributed by atoms with van der Waals surface area (Å²) < 4.78 is 6.16. The maximum atomic E-state index is 9.84. The van der Waals surface area contributed by atoms with Crippen LogP contribution in [0.25, 0.3) is 10.8 Å². The highest BCUT2D eigenvalue weighted by Gasteiger charge is 2.09. The van der Waals surface area contributed by atoms with Crippen LogP contribution in [0.15, 0.2) is 54.9 Å². The number of benzene rings is 2. The Hall–Kier alpha value is -2.43. The van der Waals surface area contributed by atoms with Crippen LogP contribution in [-0.2, 0) is 12.8 Å². The van der Waals surface area contributed by atoms with Crippen LogP contribution in [0.1, 0.15) is 37.3 Å². The summed E-state index contributed by atoms with van der Waals surface area (Å²) in [7, 11) is 1.99.